The van der Waals surface area contributed by atoms with Crippen LogP contribution in [0, 0.1) is 0 Å². The highest BCUT2D eigenvalue weighted by Crippen LogP contribution is 2.23. The fraction of sp³-hybridized carbons (Fsp3) is 0.111. The van der Waals surface area contributed by atoms with Crippen LogP contribution in [0.5, 0.6) is 5.75 Å². The van der Waals surface area contributed by atoms with Gasteiger partial charge in [0.2, 0.25) is 0 Å². The van der Waals surface area contributed by atoms with Gasteiger partial charge in [0.25, 0.3) is 0 Å². The van der Waals surface area contributed by atoms with Crippen LogP contribution in [0.15, 0.2) is 30.5 Å². The Bertz CT molecular complexity index is 293. The van der Waals surface area contributed by atoms with Crippen LogP contribution in [0.2, 0.25) is 0 Å². The first-order valence-electron chi connectivity index (χ1n) is 3.54. The summed E-state index contributed by atoms with van der Waals surface area (Å²) in [5.41, 5.74) is 1.13. The van der Waals surface area contributed by atoms with Gasteiger partial charge in [0.1, 0.15) is 0 Å². The fourth-order valence-electron chi connectivity index (χ4n) is 1.07. The Balaban J connectivity index is 2.46. The Labute approximate surface area is 65.7 Å². The predicted octanol–water partition coefficient (Wildman–Crippen LogP) is 1.90. The molecule has 0 fully saturated rings. The molecule has 0 atom stereocenters. The molecule has 0 spiro atoms. The zero-order valence-corrected chi connectivity index (χ0v) is 6.32. The van der Waals surface area contributed by atoms with Crippen LogP contribution in [0.25, 0.3) is 6.08 Å². The van der Waals surface area contributed by atoms with E-state index >= 15 is 0 Å². The molecule has 1 aromatic carbocycles. The average Bonchev–Trinajstić information content (AvgIpc) is 2.04. The van der Waals surface area contributed by atoms with Crippen molar-refractivity contribution in [3.05, 3.63) is 36.0 Å². The number of hydroxylamine groups is 2. The van der Waals surface area contributed by atoms with Gasteiger partial charge in [-0.05, 0) is 12.1 Å². The third kappa shape index (κ3) is 1.07. The Morgan fingerprint density at radius 1 is 1.27 bits per heavy atom. The van der Waals surface area contributed by atoms with Crippen LogP contribution in [0.4, 0.5) is 0 Å². The van der Waals surface area contributed by atoms with Crippen molar-refractivity contribution >= 4 is 6.08 Å². The van der Waals surface area contributed by atoms with E-state index < -0.39 is 0 Å². The monoisotopic (exact) mass is 147 g/mol. The lowest BCUT2D eigenvalue weighted by Gasteiger charge is -2.20. The average molecular weight is 147 g/mol. The molecule has 1 aliphatic rings. The lowest BCUT2D eigenvalue weighted by molar-refractivity contribution is 0.0188. The van der Waals surface area contributed by atoms with Crippen LogP contribution in [-0.2, 0) is 0 Å². The minimum atomic E-state index is 0.914. The molecule has 11 heavy (non-hydrogen) atoms. The first-order chi connectivity index (χ1) is 5.36. The van der Waals surface area contributed by atoms with Crippen molar-refractivity contribution in [2.24, 2.45) is 0 Å². The van der Waals surface area contributed by atoms with Gasteiger partial charge in [0, 0.05) is 18.8 Å². The standard InChI is InChI=1S/C9H9NO/c1-10-7-6-8-4-2-3-5-9(8)11-10/h2-7H,1H3. The molecule has 2 heteroatoms. The second kappa shape index (κ2) is 2.31. The van der Waals surface area contributed by atoms with Crippen LogP contribution in [0.1, 0.15) is 5.56 Å². The maximum absolute atomic E-state index is 5.38. The van der Waals surface area contributed by atoms with E-state index in [4.69, 9.17) is 4.84 Å². The number of benzene rings is 1. The van der Waals surface area contributed by atoms with Gasteiger partial charge in [0.15, 0.2) is 5.75 Å². The molecule has 0 N–H and O–H groups in total. The van der Waals surface area contributed by atoms with Crippen molar-refractivity contribution in [1.29, 1.82) is 0 Å². The highest BCUT2D eigenvalue weighted by Gasteiger charge is 2.05. The van der Waals surface area contributed by atoms with Gasteiger partial charge in [-0.3, -0.25) is 0 Å². The molecule has 0 aliphatic carbocycles. The van der Waals surface area contributed by atoms with Gasteiger partial charge in [-0.2, -0.15) is 0 Å². The number of nitrogens with zero attached hydrogens (tertiary/aromatic N) is 1. The van der Waals surface area contributed by atoms with E-state index in [-0.39, 0.29) is 0 Å². The molecule has 2 nitrogen and oxygen atoms in total. The van der Waals surface area contributed by atoms with E-state index in [1.807, 2.05) is 43.6 Å². The molecule has 0 amide bonds. The van der Waals surface area contributed by atoms with E-state index in [2.05, 4.69) is 0 Å². The summed E-state index contributed by atoms with van der Waals surface area (Å²) in [6, 6.07) is 7.94. The maximum Gasteiger partial charge on any atom is 0.162 e. The summed E-state index contributed by atoms with van der Waals surface area (Å²) < 4.78 is 0. The minimum Gasteiger partial charge on any atom is -0.380 e. The summed E-state index contributed by atoms with van der Waals surface area (Å²) in [4.78, 5) is 5.38. The summed E-state index contributed by atoms with van der Waals surface area (Å²) in [7, 11) is 1.87. The zero-order chi connectivity index (χ0) is 7.68. The summed E-state index contributed by atoms with van der Waals surface area (Å²) >= 11 is 0. The lowest BCUT2D eigenvalue weighted by atomic mass is 10.2. The van der Waals surface area contributed by atoms with Crippen molar-refractivity contribution in [3.8, 4) is 5.75 Å². The maximum atomic E-state index is 5.38. The van der Waals surface area contributed by atoms with Crippen molar-refractivity contribution in [3.63, 3.8) is 0 Å². The third-order valence-corrected chi connectivity index (χ3v) is 1.63. The Hall–Kier alpha value is -1.44. The topological polar surface area (TPSA) is 12.5 Å². The first kappa shape index (κ1) is 6.28. The molecule has 0 saturated heterocycles. The molecule has 0 unspecified atom stereocenters. The van der Waals surface area contributed by atoms with Crippen molar-refractivity contribution in [2.75, 3.05) is 7.05 Å². The highest BCUT2D eigenvalue weighted by atomic mass is 16.7. The summed E-state index contributed by atoms with van der Waals surface area (Å²) in [6.07, 6.45) is 3.92. The Morgan fingerprint density at radius 3 is 3.00 bits per heavy atom. The fourth-order valence-corrected chi connectivity index (χ4v) is 1.07. The third-order valence-electron chi connectivity index (χ3n) is 1.63. The van der Waals surface area contributed by atoms with E-state index in [0.717, 1.165) is 11.3 Å². The van der Waals surface area contributed by atoms with Crippen LogP contribution in [0.3, 0.4) is 0 Å². The smallest absolute Gasteiger partial charge is 0.162 e. The Morgan fingerprint density at radius 2 is 2.09 bits per heavy atom. The minimum absolute atomic E-state index is 0.914. The molecule has 56 valence electrons. The summed E-state index contributed by atoms with van der Waals surface area (Å²) in [6.45, 7) is 0. The molecule has 1 aliphatic heterocycles. The molecule has 0 aromatic heterocycles. The summed E-state index contributed by atoms with van der Waals surface area (Å²) in [5, 5.41) is 1.68. The van der Waals surface area contributed by atoms with Crippen LogP contribution < -0.4 is 4.84 Å². The Kier molecular flexibility index (Phi) is 1.32. The van der Waals surface area contributed by atoms with Gasteiger partial charge in [-0.25, -0.2) is 5.06 Å². The van der Waals surface area contributed by atoms with Crippen molar-refractivity contribution < 1.29 is 4.84 Å². The lowest BCUT2D eigenvalue weighted by Crippen LogP contribution is -2.18. The highest BCUT2D eigenvalue weighted by molar-refractivity contribution is 5.58. The van der Waals surface area contributed by atoms with Gasteiger partial charge < -0.3 is 4.84 Å². The number of fused-ring (bicyclic) bond motifs is 1. The van der Waals surface area contributed by atoms with E-state index in [0.29, 0.717) is 0 Å². The molecular formula is C9H9NO. The van der Waals surface area contributed by atoms with Gasteiger partial charge in [-0.15, -0.1) is 0 Å². The first-order valence-corrected chi connectivity index (χ1v) is 3.54. The summed E-state index contributed by atoms with van der Waals surface area (Å²) in [5.74, 6) is 0.914. The molecule has 0 bridgehead atoms. The van der Waals surface area contributed by atoms with Gasteiger partial charge in [-0.1, -0.05) is 18.2 Å². The van der Waals surface area contributed by atoms with E-state index in [1.54, 1.807) is 5.06 Å². The van der Waals surface area contributed by atoms with Gasteiger partial charge in [0.05, 0.1) is 0 Å². The molecule has 2 rings (SSSR count). The van der Waals surface area contributed by atoms with Gasteiger partial charge >= 0.3 is 0 Å². The molecular weight excluding hydrogens is 138 g/mol. The van der Waals surface area contributed by atoms with Crippen molar-refractivity contribution in [1.82, 2.24) is 5.06 Å². The molecule has 0 saturated carbocycles. The quantitative estimate of drug-likeness (QED) is 0.555. The second-order valence-electron chi connectivity index (χ2n) is 2.49. The largest absolute Gasteiger partial charge is 0.380 e. The molecule has 1 aromatic rings. The van der Waals surface area contributed by atoms with Crippen LogP contribution in [-0.4, -0.2) is 12.1 Å². The number of para-hydroxylation sites is 1. The zero-order valence-electron chi connectivity index (χ0n) is 6.32. The number of rotatable bonds is 0. The second-order valence-corrected chi connectivity index (χ2v) is 2.49. The SMILES string of the molecule is CN1C=Cc2ccccc2O1. The van der Waals surface area contributed by atoms with E-state index in [1.165, 1.54) is 0 Å². The van der Waals surface area contributed by atoms with Crippen molar-refractivity contribution in [2.45, 2.75) is 0 Å². The van der Waals surface area contributed by atoms with E-state index in [9.17, 15) is 0 Å². The molecule has 0 radical (unpaired) electrons. The molecule has 1 heterocycles. The predicted molar refractivity (Wildman–Crippen MR) is 43.9 cm³/mol. The number of hydrogen-bond acceptors (Lipinski definition) is 2. The number of hydrogen-bond donors (Lipinski definition) is 0. The van der Waals surface area contributed by atoms with Crippen LogP contribution >= 0.6 is 0 Å². The normalized spacial score (nSPS) is 14.1.